The van der Waals surface area contributed by atoms with Crippen LogP contribution in [0.3, 0.4) is 0 Å². The van der Waals surface area contributed by atoms with Gasteiger partial charge in [0, 0.05) is 34.9 Å². The van der Waals surface area contributed by atoms with Gasteiger partial charge >= 0.3 is 16.5 Å². The fourth-order valence-electron chi connectivity index (χ4n) is 13.1. The van der Waals surface area contributed by atoms with Gasteiger partial charge in [-0.3, -0.25) is 9.13 Å². The Morgan fingerprint density at radius 1 is 0.443 bits per heavy atom. The van der Waals surface area contributed by atoms with Gasteiger partial charge in [0.2, 0.25) is 11.9 Å². The second-order valence-electron chi connectivity index (χ2n) is 19.2. The summed E-state index contributed by atoms with van der Waals surface area (Å²) in [5.74, 6) is 5.48. The summed E-state index contributed by atoms with van der Waals surface area (Å²) in [4.78, 5) is 19.0. The summed E-state index contributed by atoms with van der Waals surface area (Å²) in [7, 11) is 0. The van der Waals surface area contributed by atoms with Gasteiger partial charge in [0.1, 0.15) is 0 Å². The second-order valence-corrected chi connectivity index (χ2v) is 19.2. The van der Waals surface area contributed by atoms with E-state index in [9.17, 15) is 10.2 Å². The Bertz CT molecular complexity index is 2280. The molecule has 6 aromatic rings. The van der Waals surface area contributed by atoms with E-state index >= 15 is 0 Å². The van der Waals surface area contributed by atoms with Crippen LogP contribution in [-0.4, -0.2) is 30.9 Å². The monoisotopic (exact) mass is 850 g/mol. The molecule has 14 rings (SSSR count). The summed E-state index contributed by atoms with van der Waals surface area (Å²) in [5, 5.41) is 27.2. The molecule has 8 saturated carbocycles. The van der Waals surface area contributed by atoms with Gasteiger partial charge in [-0.05, 0) is 159 Å². The van der Waals surface area contributed by atoms with E-state index in [2.05, 4.69) is 9.98 Å². The first-order valence-corrected chi connectivity index (χ1v) is 22.3. The molecule has 0 unspecified atom stereocenters. The van der Waals surface area contributed by atoms with Gasteiger partial charge in [-0.2, -0.15) is 0 Å². The van der Waals surface area contributed by atoms with Crippen LogP contribution < -0.4 is 10.2 Å². The first-order chi connectivity index (χ1) is 29.4. The largest absolute Gasteiger partial charge is 2.00 e. The fourth-order valence-corrected chi connectivity index (χ4v) is 13.1. The molecule has 2 aromatic heterocycles. The van der Waals surface area contributed by atoms with Gasteiger partial charge in [-0.1, -0.05) is 97.1 Å². The number of nitrogens with zero attached hydrogens (tertiary/aromatic N) is 6. The summed E-state index contributed by atoms with van der Waals surface area (Å²) in [6, 6.07) is 40.3. The minimum atomic E-state index is -0.241. The van der Waals surface area contributed by atoms with Gasteiger partial charge in [-0.25, -0.2) is 20.0 Å². The molecular formula is C52H52N6NiO2. The third-order valence-electron chi connectivity index (χ3n) is 15.0. The van der Waals surface area contributed by atoms with Crippen LogP contribution in [0, 0.1) is 46.3 Å². The predicted molar refractivity (Wildman–Crippen MR) is 233 cm³/mol. The van der Waals surface area contributed by atoms with Crippen LogP contribution >= 0.6 is 0 Å². The normalized spacial score (nSPS) is 29.5. The van der Waals surface area contributed by atoms with Crippen LogP contribution in [0.4, 0.5) is 11.9 Å². The Hall–Kier alpha value is -5.27. The summed E-state index contributed by atoms with van der Waals surface area (Å²) < 4.78 is 3.92. The number of rotatable bonds is 8. The quantitative estimate of drug-likeness (QED) is 0.0864. The van der Waals surface area contributed by atoms with Gasteiger partial charge in [0.15, 0.2) is 0 Å². The first-order valence-electron chi connectivity index (χ1n) is 22.3. The first kappa shape index (κ1) is 39.8. The van der Waals surface area contributed by atoms with Crippen molar-refractivity contribution >= 4 is 23.7 Å². The Morgan fingerprint density at radius 3 is 1.02 bits per heavy atom. The molecule has 9 heteroatoms. The summed E-state index contributed by atoms with van der Waals surface area (Å²) in [5.41, 5.74) is 5.22. The van der Waals surface area contributed by atoms with Crippen LogP contribution in [0.5, 0.6) is 0 Å². The minimum Gasteiger partial charge on any atom is -0.861 e. The van der Waals surface area contributed by atoms with Gasteiger partial charge in [0.05, 0.1) is 11.4 Å². The maximum atomic E-state index is 13.6. The van der Waals surface area contributed by atoms with Gasteiger partial charge in [0.25, 0.3) is 0 Å². The van der Waals surface area contributed by atoms with Crippen molar-refractivity contribution in [1.29, 1.82) is 0 Å². The smallest absolute Gasteiger partial charge is 0.861 e. The zero-order valence-corrected chi connectivity index (χ0v) is 35.5. The van der Waals surface area contributed by atoms with Crippen molar-refractivity contribution in [2.24, 2.45) is 56.3 Å². The third-order valence-corrected chi connectivity index (χ3v) is 15.0. The van der Waals surface area contributed by atoms with E-state index in [0.29, 0.717) is 11.9 Å². The number of aromatic nitrogens is 4. The van der Waals surface area contributed by atoms with E-state index in [4.69, 9.17) is 9.97 Å². The van der Waals surface area contributed by atoms with Crippen LogP contribution in [0.15, 0.2) is 144 Å². The van der Waals surface area contributed by atoms with Crippen molar-refractivity contribution in [3.05, 3.63) is 134 Å². The van der Waals surface area contributed by atoms with Gasteiger partial charge in [-0.15, -0.1) is 0 Å². The molecule has 312 valence electrons. The zero-order valence-electron chi connectivity index (χ0n) is 34.5. The Balaban J connectivity index is 0.000000144. The number of para-hydroxylation sites is 2. The molecular weight excluding hydrogens is 799 g/mol. The van der Waals surface area contributed by atoms with Gasteiger partial charge < -0.3 is 10.2 Å². The number of benzene rings is 4. The number of aliphatic imine (C=N–C) groups is 2. The fraction of sp³-hybridized carbons (Fsp3) is 0.385. The third kappa shape index (κ3) is 7.68. The molecule has 0 N–H and O–H groups in total. The standard InChI is InChI=1S/2C26H27N3O.Ni/c2*30-24(26-14-18-11-19(15-26)13-20(12-18)16-26)28-25-27-23(21-7-3-1-4-8-21)17-29(25)22-9-5-2-6-10-22;/h2*1-10,17-20H,11-16H2,(H,27,28,30);/q;;+2/p-2. The maximum Gasteiger partial charge on any atom is 2.00 e. The van der Waals surface area contributed by atoms with Crippen molar-refractivity contribution in [3.63, 3.8) is 0 Å². The molecule has 0 aliphatic heterocycles. The average molecular weight is 852 g/mol. The molecule has 8 bridgehead atoms. The summed E-state index contributed by atoms with van der Waals surface area (Å²) in [6.07, 6.45) is 18.1. The Labute approximate surface area is 368 Å². The SMILES string of the molecule is [Ni+2].[O-]/C(=N\c1nc(-c2ccccc2)cn1-c1ccccc1)C12CC3CC(CC(C3)C1)C2.[O-]/C(=N\c1nc(-c2ccccc2)cn1-c1ccccc1)C12CC3CC(CC(C3)C1)C2. The molecule has 8 aliphatic rings. The molecule has 0 amide bonds. The average Bonchev–Trinajstić information content (AvgIpc) is 3.89. The Kier molecular flexibility index (Phi) is 10.6. The van der Waals surface area contributed by atoms with Crippen molar-refractivity contribution in [3.8, 4) is 33.9 Å². The molecule has 8 aliphatic carbocycles. The molecule has 0 saturated heterocycles. The molecule has 0 atom stereocenters. The zero-order chi connectivity index (χ0) is 40.3. The van der Waals surface area contributed by atoms with E-state index in [1.165, 1.54) is 38.5 Å². The molecule has 61 heavy (non-hydrogen) atoms. The molecule has 4 aromatic carbocycles. The van der Waals surface area contributed by atoms with Crippen molar-refractivity contribution in [1.82, 2.24) is 19.1 Å². The van der Waals surface area contributed by atoms with E-state index in [0.717, 1.165) is 108 Å². The van der Waals surface area contributed by atoms with E-state index in [1.54, 1.807) is 0 Å². The van der Waals surface area contributed by atoms with Crippen molar-refractivity contribution in [2.75, 3.05) is 0 Å². The Morgan fingerprint density at radius 2 is 0.721 bits per heavy atom. The number of imidazole rings is 2. The molecule has 8 nitrogen and oxygen atoms in total. The second kappa shape index (κ2) is 16.2. The van der Waals surface area contributed by atoms with Crippen LogP contribution in [0.25, 0.3) is 33.9 Å². The molecule has 0 spiro atoms. The molecule has 2 heterocycles. The van der Waals surface area contributed by atoms with Crippen molar-refractivity contribution in [2.45, 2.75) is 77.0 Å². The van der Waals surface area contributed by atoms with E-state index in [1.807, 2.05) is 143 Å². The summed E-state index contributed by atoms with van der Waals surface area (Å²) in [6.45, 7) is 0. The topological polar surface area (TPSA) is 106 Å². The van der Waals surface area contributed by atoms with Crippen LogP contribution in [-0.2, 0) is 16.5 Å². The predicted octanol–water partition coefficient (Wildman–Crippen LogP) is 10.3. The summed E-state index contributed by atoms with van der Waals surface area (Å²) >= 11 is 0. The number of hydrogen-bond donors (Lipinski definition) is 0. The molecule has 0 radical (unpaired) electrons. The number of hydrogen-bond acceptors (Lipinski definition) is 6. The van der Waals surface area contributed by atoms with Crippen LogP contribution in [0.1, 0.15) is 77.0 Å². The van der Waals surface area contributed by atoms with Crippen molar-refractivity contribution < 1.29 is 26.7 Å². The van der Waals surface area contributed by atoms with Crippen LogP contribution in [0.2, 0.25) is 0 Å². The van der Waals surface area contributed by atoms with E-state index < -0.39 is 0 Å². The maximum absolute atomic E-state index is 13.6. The van der Waals surface area contributed by atoms with E-state index in [-0.39, 0.29) is 39.1 Å². The molecule has 8 fully saturated rings. The minimum absolute atomic E-state index is 0.